The average molecular weight is 398 g/mol. The molecule has 0 aliphatic carbocycles. The van der Waals surface area contributed by atoms with E-state index >= 15 is 0 Å². The lowest BCUT2D eigenvalue weighted by molar-refractivity contribution is 0.0716. The van der Waals surface area contributed by atoms with E-state index in [0.717, 1.165) is 22.9 Å². The van der Waals surface area contributed by atoms with Crippen LogP contribution in [0.3, 0.4) is 0 Å². The first-order chi connectivity index (χ1) is 12.2. The third kappa shape index (κ3) is 3.22. The Bertz CT molecular complexity index is 894. The third-order valence-electron chi connectivity index (χ3n) is 4.33. The number of hydrogen-bond acceptors (Lipinski definition) is 4. The zero-order valence-corrected chi connectivity index (χ0v) is 15.0. The molecular formula is C19H16BrN3O2. The number of carbonyl (C=O) groups excluding carboxylic acids is 1. The maximum absolute atomic E-state index is 12.9. The first-order valence-electron chi connectivity index (χ1n) is 8.18. The first-order valence-corrected chi connectivity index (χ1v) is 8.97. The van der Waals surface area contributed by atoms with Gasteiger partial charge in [-0.25, -0.2) is 0 Å². The van der Waals surface area contributed by atoms with Crippen LogP contribution in [-0.2, 0) is 0 Å². The van der Waals surface area contributed by atoms with Crippen molar-refractivity contribution in [3.05, 3.63) is 70.5 Å². The molecule has 1 aliphatic heterocycles. The van der Waals surface area contributed by atoms with Crippen LogP contribution in [-0.4, -0.2) is 27.5 Å². The van der Waals surface area contributed by atoms with Gasteiger partial charge in [0, 0.05) is 22.1 Å². The van der Waals surface area contributed by atoms with Gasteiger partial charge in [-0.3, -0.25) is 4.79 Å². The monoisotopic (exact) mass is 397 g/mol. The fourth-order valence-corrected chi connectivity index (χ4v) is 3.52. The molecule has 25 heavy (non-hydrogen) atoms. The fraction of sp³-hybridized carbons (Fsp3) is 0.211. The molecule has 1 aliphatic rings. The molecule has 1 unspecified atom stereocenters. The average Bonchev–Trinajstić information content (AvgIpc) is 3.31. The number of carbonyl (C=O) groups is 1. The maximum atomic E-state index is 12.9. The number of nitrogens with zero attached hydrogens (tertiary/aromatic N) is 3. The number of benzene rings is 2. The molecule has 0 N–H and O–H groups in total. The Labute approximate surface area is 153 Å². The van der Waals surface area contributed by atoms with Gasteiger partial charge in [-0.05, 0) is 43.2 Å². The van der Waals surface area contributed by atoms with Crippen molar-refractivity contribution in [3.63, 3.8) is 0 Å². The van der Waals surface area contributed by atoms with Gasteiger partial charge in [-0.15, -0.1) is 10.2 Å². The van der Waals surface area contributed by atoms with E-state index in [9.17, 15) is 4.79 Å². The molecule has 1 saturated heterocycles. The van der Waals surface area contributed by atoms with Gasteiger partial charge in [0.05, 0.1) is 0 Å². The van der Waals surface area contributed by atoms with E-state index in [-0.39, 0.29) is 11.9 Å². The Morgan fingerprint density at radius 1 is 1.12 bits per heavy atom. The van der Waals surface area contributed by atoms with E-state index in [1.165, 1.54) is 0 Å². The van der Waals surface area contributed by atoms with Crippen LogP contribution in [0.25, 0.3) is 11.5 Å². The molecule has 0 saturated carbocycles. The molecule has 1 amide bonds. The zero-order chi connectivity index (χ0) is 17.2. The normalized spacial score (nSPS) is 17.0. The van der Waals surface area contributed by atoms with Gasteiger partial charge in [-0.2, -0.15) is 0 Å². The molecular weight excluding hydrogens is 382 g/mol. The highest BCUT2D eigenvalue weighted by Gasteiger charge is 2.34. The SMILES string of the molecule is O=C(c1cccc(Br)c1)N1CCCC1c1nnc(-c2ccccc2)o1. The van der Waals surface area contributed by atoms with Crippen molar-refractivity contribution in [2.24, 2.45) is 0 Å². The summed E-state index contributed by atoms with van der Waals surface area (Å²) < 4.78 is 6.76. The molecule has 0 radical (unpaired) electrons. The van der Waals surface area contributed by atoms with E-state index in [2.05, 4.69) is 26.1 Å². The summed E-state index contributed by atoms with van der Waals surface area (Å²) in [6.07, 6.45) is 1.75. The van der Waals surface area contributed by atoms with Crippen molar-refractivity contribution in [2.45, 2.75) is 18.9 Å². The molecule has 0 bridgehead atoms. The van der Waals surface area contributed by atoms with Crippen LogP contribution >= 0.6 is 15.9 Å². The number of likely N-dealkylation sites (tertiary alicyclic amines) is 1. The predicted molar refractivity (Wildman–Crippen MR) is 96.9 cm³/mol. The first kappa shape index (κ1) is 16.0. The summed E-state index contributed by atoms with van der Waals surface area (Å²) in [7, 11) is 0. The molecule has 5 nitrogen and oxygen atoms in total. The fourth-order valence-electron chi connectivity index (χ4n) is 3.12. The highest BCUT2D eigenvalue weighted by Crippen LogP contribution is 2.34. The number of rotatable bonds is 3. The summed E-state index contributed by atoms with van der Waals surface area (Å²) in [6, 6.07) is 16.9. The van der Waals surface area contributed by atoms with Crippen molar-refractivity contribution in [2.75, 3.05) is 6.54 Å². The van der Waals surface area contributed by atoms with E-state index in [0.29, 0.717) is 23.9 Å². The highest BCUT2D eigenvalue weighted by molar-refractivity contribution is 9.10. The van der Waals surface area contributed by atoms with Crippen molar-refractivity contribution < 1.29 is 9.21 Å². The van der Waals surface area contributed by atoms with Crippen molar-refractivity contribution in [3.8, 4) is 11.5 Å². The van der Waals surface area contributed by atoms with Crippen LogP contribution < -0.4 is 0 Å². The van der Waals surface area contributed by atoms with Crippen LogP contribution in [0.1, 0.15) is 35.1 Å². The molecule has 2 aromatic carbocycles. The Morgan fingerprint density at radius 3 is 2.76 bits per heavy atom. The second-order valence-corrected chi connectivity index (χ2v) is 6.89. The minimum absolute atomic E-state index is 0.0109. The van der Waals surface area contributed by atoms with Crippen molar-refractivity contribution in [1.29, 1.82) is 0 Å². The summed E-state index contributed by atoms with van der Waals surface area (Å²) in [4.78, 5) is 14.7. The molecule has 0 spiro atoms. The molecule has 4 rings (SSSR count). The predicted octanol–water partition coefficient (Wildman–Crippen LogP) is 4.48. The highest BCUT2D eigenvalue weighted by atomic mass is 79.9. The number of aromatic nitrogens is 2. The van der Waals surface area contributed by atoms with E-state index in [1.807, 2.05) is 59.5 Å². The number of amides is 1. The maximum Gasteiger partial charge on any atom is 0.254 e. The zero-order valence-electron chi connectivity index (χ0n) is 13.4. The van der Waals surface area contributed by atoms with E-state index in [4.69, 9.17) is 4.42 Å². The standard InChI is InChI=1S/C19H16BrN3O2/c20-15-9-4-8-14(12-15)19(24)23-11-5-10-16(23)18-22-21-17(25-18)13-6-2-1-3-7-13/h1-4,6-9,12,16H,5,10-11H2. The molecule has 126 valence electrons. The second kappa shape index (κ2) is 6.80. The molecule has 1 atom stereocenters. The van der Waals surface area contributed by atoms with Gasteiger partial charge in [0.15, 0.2) is 0 Å². The van der Waals surface area contributed by atoms with E-state index in [1.54, 1.807) is 0 Å². The lowest BCUT2D eigenvalue weighted by Gasteiger charge is -2.22. The van der Waals surface area contributed by atoms with Crippen molar-refractivity contribution >= 4 is 21.8 Å². The third-order valence-corrected chi connectivity index (χ3v) is 4.82. The van der Waals surface area contributed by atoms with Crippen molar-refractivity contribution in [1.82, 2.24) is 15.1 Å². The molecule has 1 aromatic heterocycles. The molecule has 3 aromatic rings. The van der Waals surface area contributed by atoms with Crippen LogP contribution in [0.15, 0.2) is 63.5 Å². The van der Waals surface area contributed by atoms with Gasteiger partial charge >= 0.3 is 0 Å². The smallest absolute Gasteiger partial charge is 0.254 e. The largest absolute Gasteiger partial charge is 0.418 e. The minimum Gasteiger partial charge on any atom is -0.418 e. The van der Waals surface area contributed by atoms with Crippen LogP contribution in [0.4, 0.5) is 0 Å². The summed E-state index contributed by atoms with van der Waals surface area (Å²) >= 11 is 3.42. The van der Waals surface area contributed by atoms with Gasteiger partial charge in [-0.1, -0.05) is 40.2 Å². The van der Waals surface area contributed by atoms with Gasteiger partial charge in [0.2, 0.25) is 11.8 Å². The lowest BCUT2D eigenvalue weighted by Crippen LogP contribution is -2.30. The summed E-state index contributed by atoms with van der Waals surface area (Å²) in [5.41, 5.74) is 1.54. The quantitative estimate of drug-likeness (QED) is 0.653. The second-order valence-electron chi connectivity index (χ2n) is 5.98. The summed E-state index contributed by atoms with van der Waals surface area (Å²) in [5, 5.41) is 8.35. The van der Waals surface area contributed by atoms with Gasteiger partial charge in [0.1, 0.15) is 6.04 Å². The minimum atomic E-state index is -0.170. The molecule has 6 heteroatoms. The van der Waals surface area contributed by atoms with Crippen LogP contribution in [0.2, 0.25) is 0 Å². The summed E-state index contributed by atoms with van der Waals surface area (Å²) in [6.45, 7) is 0.694. The number of hydrogen-bond donors (Lipinski definition) is 0. The van der Waals surface area contributed by atoms with E-state index < -0.39 is 0 Å². The molecule has 1 fully saturated rings. The summed E-state index contributed by atoms with van der Waals surface area (Å²) in [5.74, 6) is 0.973. The van der Waals surface area contributed by atoms with Crippen LogP contribution in [0.5, 0.6) is 0 Å². The Hall–Kier alpha value is -2.47. The Morgan fingerprint density at radius 2 is 1.96 bits per heavy atom. The lowest BCUT2D eigenvalue weighted by atomic mass is 10.1. The number of halogens is 1. The van der Waals surface area contributed by atoms with Gasteiger partial charge < -0.3 is 9.32 Å². The van der Waals surface area contributed by atoms with Crippen LogP contribution in [0, 0.1) is 0 Å². The Kier molecular flexibility index (Phi) is 4.36. The molecule has 2 heterocycles. The Balaban J connectivity index is 1.60. The van der Waals surface area contributed by atoms with Gasteiger partial charge in [0.25, 0.3) is 5.91 Å². The topological polar surface area (TPSA) is 59.2 Å².